The summed E-state index contributed by atoms with van der Waals surface area (Å²) in [6, 6.07) is 18.1. The van der Waals surface area contributed by atoms with Crippen LogP contribution in [0.25, 0.3) is 11.3 Å². The number of hydrogen-bond acceptors (Lipinski definition) is 8. The van der Waals surface area contributed by atoms with E-state index in [9.17, 15) is 27.2 Å². The molecule has 1 aromatic carbocycles. The standard InChI is InChI=1S/C16H11F5N4Si.C15H14N5.Ir/c1-26(2,14-8-11(24-25-14)16(19,20)21)13-5-3-4-10(22-13)9-6-7-12(17)23-15(9)18;1-17-3-5-19(11-17)14-7-13(10-16)8-15(9-14)20-6-4-18(2)12-20;/h3-5,7-8H,1-2H3;3-8,11-12H,1-2H3;/q-2;-3;. The van der Waals surface area contributed by atoms with Gasteiger partial charge in [-0.05, 0) is 50.7 Å². The molecule has 3 aromatic heterocycles. The van der Waals surface area contributed by atoms with Crippen molar-refractivity contribution in [2.45, 2.75) is 19.3 Å². The van der Waals surface area contributed by atoms with Gasteiger partial charge in [0.15, 0.2) is 0 Å². The number of nitrogens with zero attached hydrogens (tertiary/aromatic N) is 9. The van der Waals surface area contributed by atoms with E-state index in [-0.39, 0.29) is 36.7 Å². The molecule has 4 aromatic rings. The molecule has 0 saturated heterocycles. The number of alkyl halides is 3. The van der Waals surface area contributed by atoms with E-state index in [0.717, 1.165) is 23.5 Å². The Morgan fingerprint density at radius 3 is 2.04 bits per heavy atom. The molecule has 16 heteroatoms. The van der Waals surface area contributed by atoms with Gasteiger partial charge in [-0.2, -0.15) is 31.8 Å². The van der Waals surface area contributed by atoms with E-state index in [2.05, 4.69) is 38.4 Å². The Morgan fingerprint density at radius 2 is 1.55 bits per heavy atom. The second kappa shape index (κ2) is 14.0. The van der Waals surface area contributed by atoms with Crippen LogP contribution in [-0.4, -0.2) is 47.0 Å². The minimum atomic E-state index is -4.58. The van der Waals surface area contributed by atoms with E-state index >= 15 is 0 Å². The molecule has 0 saturated carbocycles. The molecular formula is C31H25F5IrN9Si-5. The fraction of sp³-hybridized carbons (Fsp3) is 0.161. The number of hydrogen-bond donors (Lipinski definition) is 0. The van der Waals surface area contributed by atoms with Gasteiger partial charge in [-0.1, -0.05) is 48.5 Å². The Hall–Kier alpha value is -4.58. The van der Waals surface area contributed by atoms with Crippen LogP contribution in [0.5, 0.6) is 0 Å². The molecule has 0 fully saturated rings. The third kappa shape index (κ3) is 8.05. The van der Waals surface area contributed by atoms with Crippen molar-refractivity contribution in [3.05, 3.63) is 116 Å². The Morgan fingerprint density at radius 1 is 0.936 bits per heavy atom. The topological polar surface area (TPSA) is 89.5 Å². The summed E-state index contributed by atoms with van der Waals surface area (Å²) in [6.07, 6.45) is 3.19. The number of aromatic nitrogens is 4. The minimum Gasteiger partial charge on any atom is -0.582 e. The van der Waals surface area contributed by atoms with Gasteiger partial charge in [-0.25, -0.2) is 8.78 Å². The summed E-state index contributed by atoms with van der Waals surface area (Å²) < 4.78 is 65.1. The third-order valence-corrected chi connectivity index (χ3v) is 10.0. The number of rotatable bonds is 5. The molecule has 5 heterocycles. The Kier molecular flexibility index (Phi) is 10.5. The smallest absolute Gasteiger partial charge is 0.431 e. The van der Waals surface area contributed by atoms with Gasteiger partial charge in [-0.15, -0.1) is 41.0 Å². The Labute approximate surface area is 283 Å². The van der Waals surface area contributed by atoms with E-state index in [1.54, 1.807) is 25.2 Å². The number of nitriles is 1. The quantitative estimate of drug-likeness (QED) is 0.125. The summed E-state index contributed by atoms with van der Waals surface area (Å²) in [5.41, 5.74) is 1.27. The van der Waals surface area contributed by atoms with E-state index in [1.807, 2.05) is 84.0 Å². The van der Waals surface area contributed by atoms with Gasteiger partial charge in [0.25, 0.3) is 0 Å². The molecule has 0 bridgehead atoms. The molecule has 2 aliphatic heterocycles. The fourth-order valence-corrected chi connectivity index (χ4v) is 6.39. The van der Waals surface area contributed by atoms with Gasteiger partial charge in [0, 0.05) is 25.4 Å². The monoisotopic (exact) mass is 839 g/mol. The van der Waals surface area contributed by atoms with E-state index < -0.39 is 31.8 Å². The molecule has 247 valence electrons. The SMILES string of the molecule is CN1C=CN(c2[c-]c(N3C=CN(C)[CH-]3)cc(C#N)c2)[CH-]1.C[Si](C)(c1cccc(-c2[c-]cc(F)nc2F)n1)c1cc(C(F)(F)F)n[n-]1.[Ir]. The molecule has 0 aliphatic carbocycles. The van der Waals surface area contributed by atoms with Crippen LogP contribution < -0.4 is 25.5 Å². The molecule has 1 radical (unpaired) electrons. The summed E-state index contributed by atoms with van der Waals surface area (Å²) in [7, 11) is 1.19. The summed E-state index contributed by atoms with van der Waals surface area (Å²) in [4.78, 5) is 15.2. The van der Waals surface area contributed by atoms with Crippen LogP contribution >= 0.6 is 0 Å². The van der Waals surface area contributed by atoms with Gasteiger partial charge in [0.05, 0.1) is 6.07 Å². The van der Waals surface area contributed by atoms with Gasteiger partial charge < -0.3 is 34.8 Å². The number of benzene rings is 1. The minimum absolute atomic E-state index is 0. The Balaban J connectivity index is 0.000000215. The van der Waals surface area contributed by atoms with E-state index in [4.69, 9.17) is 0 Å². The zero-order valence-electron chi connectivity index (χ0n) is 25.3. The van der Waals surface area contributed by atoms with Crippen molar-refractivity contribution in [2.75, 3.05) is 23.9 Å². The van der Waals surface area contributed by atoms with Gasteiger partial charge >= 0.3 is 6.18 Å². The predicted molar refractivity (Wildman–Crippen MR) is 163 cm³/mol. The summed E-state index contributed by atoms with van der Waals surface area (Å²) in [5, 5.41) is 16.7. The van der Waals surface area contributed by atoms with Crippen LogP contribution in [0.1, 0.15) is 11.3 Å². The number of pyridine rings is 2. The van der Waals surface area contributed by atoms with Crippen molar-refractivity contribution in [1.82, 2.24) is 30.0 Å². The molecule has 0 unspecified atom stereocenters. The molecule has 2 aliphatic rings. The van der Waals surface area contributed by atoms with Crippen molar-refractivity contribution in [3.63, 3.8) is 0 Å². The average Bonchev–Trinajstić information content (AvgIpc) is 3.79. The summed E-state index contributed by atoms with van der Waals surface area (Å²) >= 11 is 0. The maximum Gasteiger partial charge on any atom is 0.431 e. The first kappa shape index (κ1) is 35.3. The normalized spacial score (nSPS) is 14.2. The molecular weight excluding hydrogens is 814 g/mol. The van der Waals surface area contributed by atoms with Crippen molar-refractivity contribution in [2.24, 2.45) is 0 Å². The van der Waals surface area contributed by atoms with Gasteiger partial charge in [0.2, 0.25) is 0 Å². The number of halogens is 5. The largest absolute Gasteiger partial charge is 0.582 e. The van der Waals surface area contributed by atoms with Crippen molar-refractivity contribution in [3.8, 4) is 17.3 Å². The maximum atomic E-state index is 13.9. The summed E-state index contributed by atoms with van der Waals surface area (Å²) in [5.74, 6) is -2.08. The van der Waals surface area contributed by atoms with Crippen molar-refractivity contribution < 1.29 is 42.1 Å². The van der Waals surface area contributed by atoms with Gasteiger partial charge in [-0.3, -0.25) is 4.98 Å². The molecule has 0 atom stereocenters. The fourth-order valence-electron chi connectivity index (χ4n) is 4.41. The van der Waals surface area contributed by atoms with E-state index in [0.29, 0.717) is 10.9 Å². The van der Waals surface area contributed by atoms with Crippen LogP contribution in [0.15, 0.2) is 67.3 Å². The second-order valence-corrected chi connectivity index (χ2v) is 15.0. The van der Waals surface area contributed by atoms with Crippen molar-refractivity contribution in [1.29, 1.82) is 5.26 Å². The Bertz CT molecular complexity index is 1790. The average molecular weight is 839 g/mol. The number of anilines is 2. The first-order valence-corrected chi connectivity index (χ1v) is 16.6. The van der Waals surface area contributed by atoms with Gasteiger partial charge in [0.1, 0.15) is 25.7 Å². The van der Waals surface area contributed by atoms with Crippen LogP contribution in [0, 0.1) is 48.7 Å². The van der Waals surface area contributed by atoms with Crippen LogP contribution in [-0.2, 0) is 26.3 Å². The zero-order chi connectivity index (χ0) is 33.2. The van der Waals surface area contributed by atoms with Crippen molar-refractivity contribution >= 4 is 30.1 Å². The molecule has 6 rings (SSSR count). The zero-order valence-corrected chi connectivity index (χ0v) is 28.6. The first-order valence-electron chi connectivity index (χ1n) is 13.6. The molecule has 9 nitrogen and oxygen atoms in total. The molecule has 0 N–H and O–H groups in total. The van der Waals surface area contributed by atoms with Crippen LogP contribution in [0.4, 0.5) is 33.3 Å². The predicted octanol–water partition coefficient (Wildman–Crippen LogP) is 4.46. The summed E-state index contributed by atoms with van der Waals surface area (Å²) in [6.45, 7) is 7.39. The third-order valence-electron chi connectivity index (χ3n) is 6.93. The van der Waals surface area contributed by atoms with Crippen LogP contribution in [0.2, 0.25) is 13.1 Å². The maximum absolute atomic E-state index is 13.9. The van der Waals surface area contributed by atoms with E-state index in [1.165, 1.54) is 6.07 Å². The molecule has 0 amide bonds. The molecule has 0 spiro atoms. The first-order chi connectivity index (χ1) is 21.7. The second-order valence-electron chi connectivity index (χ2n) is 10.8. The van der Waals surface area contributed by atoms with Crippen LogP contribution in [0.3, 0.4) is 0 Å². The molecule has 47 heavy (non-hydrogen) atoms.